The predicted molar refractivity (Wildman–Crippen MR) is 58.8 cm³/mol. The van der Waals surface area contributed by atoms with Crippen LogP contribution < -0.4 is 0 Å². The third kappa shape index (κ3) is 1.34. The zero-order valence-corrected chi connectivity index (χ0v) is 9.35. The summed E-state index contributed by atoms with van der Waals surface area (Å²) in [6.07, 6.45) is 7.48. The molecule has 3 heteroatoms. The molecule has 16 heavy (non-hydrogen) atoms. The number of carbonyl (C=O) groups excluding carboxylic acids is 1. The molecule has 3 nitrogen and oxygen atoms in total. The van der Waals surface area contributed by atoms with Gasteiger partial charge >= 0.3 is 0 Å². The van der Waals surface area contributed by atoms with Gasteiger partial charge in [0.2, 0.25) is 0 Å². The number of allylic oxidation sites excluding steroid dienone is 1. The van der Waals surface area contributed by atoms with Gasteiger partial charge in [0.15, 0.2) is 5.78 Å². The van der Waals surface area contributed by atoms with Crippen molar-refractivity contribution in [3.63, 3.8) is 0 Å². The van der Waals surface area contributed by atoms with E-state index < -0.39 is 5.60 Å². The summed E-state index contributed by atoms with van der Waals surface area (Å²) in [6, 6.07) is 0. The van der Waals surface area contributed by atoms with Crippen molar-refractivity contribution in [2.24, 2.45) is 17.3 Å². The zero-order chi connectivity index (χ0) is 11.4. The van der Waals surface area contributed by atoms with Crippen LogP contribution in [-0.4, -0.2) is 21.6 Å². The number of aliphatic hydroxyl groups excluding tert-OH is 1. The first-order valence-corrected chi connectivity index (χ1v) is 6.13. The summed E-state index contributed by atoms with van der Waals surface area (Å²) >= 11 is 0. The van der Waals surface area contributed by atoms with Gasteiger partial charge < -0.3 is 10.2 Å². The summed E-state index contributed by atoms with van der Waals surface area (Å²) < 4.78 is 0. The molecular formula is C13H18O3. The van der Waals surface area contributed by atoms with Crippen LogP contribution in [0.1, 0.15) is 38.5 Å². The standard InChI is InChI=1S/C13H18O3/c14-2-1-11(15)12-4-9-3-10(5-12)7-13(16,6-9)8-12/h1-2,9-10,14,16H,3-8H2. The van der Waals surface area contributed by atoms with Crippen LogP contribution in [-0.2, 0) is 4.79 Å². The van der Waals surface area contributed by atoms with E-state index in [0.717, 1.165) is 31.9 Å². The first kappa shape index (κ1) is 10.3. The highest BCUT2D eigenvalue weighted by molar-refractivity contribution is 5.95. The van der Waals surface area contributed by atoms with Crippen LogP contribution in [0.3, 0.4) is 0 Å². The van der Waals surface area contributed by atoms with Gasteiger partial charge in [-0.25, -0.2) is 0 Å². The summed E-state index contributed by atoms with van der Waals surface area (Å²) in [6.45, 7) is 0. The van der Waals surface area contributed by atoms with E-state index >= 15 is 0 Å². The maximum atomic E-state index is 12.1. The molecule has 0 aliphatic heterocycles. The first-order valence-electron chi connectivity index (χ1n) is 6.13. The van der Waals surface area contributed by atoms with Crippen molar-refractivity contribution >= 4 is 5.78 Å². The van der Waals surface area contributed by atoms with Crippen LogP contribution in [0, 0.1) is 17.3 Å². The molecule has 2 N–H and O–H groups in total. The van der Waals surface area contributed by atoms with Crippen molar-refractivity contribution in [1.82, 2.24) is 0 Å². The number of hydrogen-bond donors (Lipinski definition) is 2. The van der Waals surface area contributed by atoms with Gasteiger partial charge in [0.05, 0.1) is 11.9 Å². The van der Waals surface area contributed by atoms with Crippen molar-refractivity contribution in [1.29, 1.82) is 0 Å². The molecule has 0 aromatic heterocycles. The average molecular weight is 222 g/mol. The highest BCUT2D eigenvalue weighted by Gasteiger charge is 2.59. The number of hydrogen-bond acceptors (Lipinski definition) is 3. The van der Waals surface area contributed by atoms with Gasteiger partial charge in [-0.3, -0.25) is 4.79 Å². The molecule has 88 valence electrons. The lowest BCUT2D eigenvalue weighted by Gasteiger charge is -2.59. The van der Waals surface area contributed by atoms with Gasteiger partial charge in [0.25, 0.3) is 0 Å². The Balaban J connectivity index is 1.94. The minimum atomic E-state index is -0.594. The van der Waals surface area contributed by atoms with Crippen molar-refractivity contribution in [2.45, 2.75) is 44.1 Å². The van der Waals surface area contributed by atoms with Crippen molar-refractivity contribution < 1.29 is 15.0 Å². The molecule has 4 bridgehead atoms. The summed E-state index contributed by atoms with van der Waals surface area (Å²) in [5.74, 6) is 1.05. The Morgan fingerprint density at radius 3 is 2.31 bits per heavy atom. The maximum absolute atomic E-state index is 12.1. The molecular weight excluding hydrogens is 204 g/mol. The second kappa shape index (κ2) is 3.10. The Morgan fingerprint density at radius 2 is 1.81 bits per heavy atom. The molecule has 4 aliphatic rings. The fourth-order valence-electron chi connectivity index (χ4n) is 4.75. The van der Waals surface area contributed by atoms with Crippen LogP contribution in [0.2, 0.25) is 0 Å². The molecule has 4 rings (SSSR count). The largest absolute Gasteiger partial charge is 0.515 e. The molecule has 2 atom stereocenters. The van der Waals surface area contributed by atoms with Crippen LogP contribution in [0.5, 0.6) is 0 Å². The van der Waals surface area contributed by atoms with Crippen LogP contribution in [0.15, 0.2) is 12.3 Å². The van der Waals surface area contributed by atoms with E-state index in [1.54, 1.807) is 0 Å². The molecule has 0 heterocycles. The third-order valence-electron chi connectivity index (χ3n) is 4.78. The normalized spacial score (nSPS) is 50.1. The SMILES string of the molecule is O=C(C=CO)C12CC3CC(CC(O)(C3)C1)C2. The smallest absolute Gasteiger partial charge is 0.164 e. The molecule has 0 radical (unpaired) electrons. The quantitative estimate of drug-likeness (QED) is 0.554. The van der Waals surface area contributed by atoms with Crippen LogP contribution in [0.4, 0.5) is 0 Å². The number of rotatable bonds is 2. The molecule has 0 saturated heterocycles. The average Bonchev–Trinajstić information content (AvgIpc) is 2.13. The van der Waals surface area contributed by atoms with Gasteiger partial charge in [0.1, 0.15) is 0 Å². The maximum Gasteiger partial charge on any atom is 0.164 e. The summed E-state index contributed by atoms with van der Waals surface area (Å²) in [5, 5.41) is 19.2. The first-order chi connectivity index (χ1) is 7.55. The number of ketones is 1. The van der Waals surface area contributed by atoms with E-state index in [1.807, 2.05) is 0 Å². The zero-order valence-electron chi connectivity index (χ0n) is 9.35. The molecule has 4 fully saturated rings. The lowest BCUT2D eigenvalue weighted by Crippen LogP contribution is -2.57. The summed E-state index contributed by atoms with van der Waals surface area (Å²) in [5.41, 5.74) is -0.957. The molecule has 0 aromatic carbocycles. The highest BCUT2D eigenvalue weighted by atomic mass is 16.3. The summed E-state index contributed by atoms with van der Waals surface area (Å²) in [7, 11) is 0. The minimum Gasteiger partial charge on any atom is -0.515 e. The van der Waals surface area contributed by atoms with Gasteiger partial charge in [-0.2, -0.15) is 0 Å². The monoisotopic (exact) mass is 222 g/mol. The fourth-order valence-corrected chi connectivity index (χ4v) is 4.75. The van der Waals surface area contributed by atoms with Gasteiger partial charge in [-0.05, 0) is 50.4 Å². The third-order valence-corrected chi connectivity index (χ3v) is 4.78. The Kier molecular flexibility index (Phi) is 2.00. The van der Waals surface area contributed by atoms with Gasteiger partial charge in [-0.15, -0.1) is 0 Å². The van der Waals surface area contributed by atoms with E-state index in [9.17, 15) is 9.90 Å². The molecule has 4 aliphatic carbocycles. The van der Waals surface area contributed by atoms with Crippen molar-refractivity contribution in [3.8, 4) is 0 Å². The van der Waals surface area contributed by atoms with Gasteiger partial charge in [-0.1, -0.05) is 0 Å². The minimum absolute atomic E-state index is 0.0162. The van der Waals surface area contributed by atoms with Crippen molar-refractivity contribution in [3.05, 3.63) is 12.3 Å². The summed E-state index contributed by atoms with van der Waals surface area (Å²) in [4.78, 5) is 12.1. The number of aliphatic hydroxyl groups is 2. The Labute approximate surface area is 95.2 Å². The molecule has 0 aromatic rings. The van der Waals surface area contributed by atoms with E-state index in [1.165, 1.54) is 12.5 Å². The lowest BCUT2D eigenvalue weighted by molar-refractivity contribution is -0.173. The van der Waals surface area contributed by atoms with E-state index in [4.69, 9.17) is 5.11 Å². The molecule has 0 spiro atoms. The van der Waals surface area contributed by atoms with Crippen molar-refractivity contribution in [2.75, 3.05) is 0 Å². The predicted octanol–water partition coefficient (Wildman–Crippen LogP) is 1.96. The topological polar surface area (TPSA) is 57.5 Å². The lowest BCUT2D eigenvalue weighted by atomic mass is 9.47. The van der Waals surface area contributed by atoms with E-state index in [2.05, 4.69) is 0 Å². The molecule has 2 unspecified atom stereocenters. The van der Waals surface area contributed by atoms with Crippen LogP contribution >= 0.6 is 0 Å². The Hall–Kier alpha value is -0.830. The second-order valence-corrected chi connectivity index (χ2v) is 6.15. The van der Waals surface area contributed by atoms with E-state index in [0.29, 0.717) is 18.3 Å². The van der Waals surface area contributed by atoms with E-state index in [-0.39, 0.29) is 11.2 Å². The van der Waals surface area contributed by atoms with Gasteiger partial charge in [0, 0.05) is 11.5 Å². The Morgan fingerprint density at radius 1 is 1.19 bits per heavy atom. The van der Waals surface area contributed by atoms with Crippen LogP contribution in [0.25, 0.3) is 0 Å². The highest BCUT2D eigenvalue weighted by Crippen LogP contribution is 2.61. The molecule has 0 amide bonds. The second-order valence-electron chi connectivity index (χ2n) is 6.15. The Bertz CT molecular complexity index is 344. The number of carbonyl (C=O) groups is 1. The molecule has 4 saturated carbocycles. The fraction of sp³-hybridized carbons (Fsp3) is 0.769.